The Hall–Kier alpha value is -3.38. The molecule has 0 radical (unpaired) electrons. The van der Waals surface area contributed by atoms with Crippen LogP contribution >= 0.6 is 0 Å². The highest BCUT2D eigenvalue weighted by Gasteiger charge is 2.28. The number of pyridine rings is 1. The number of hydrogen-bond acceptors (Lipinski definition) is 5. The number of benzene rings is 3. The van der Waals surface area contributed by atoms with Crippen LogP contribution in [-0.4, -0.2) is 39.6 Å². The largest absolute Gasteiger partial charge is 0.368 e. The molecular weight excluding hydrogens is 418 g/mol. The minimum Gasteiger partial charge on any atom is -0.368 e. The van der Waals surface area contributed by atoms with Crippen molar-refractivity contribution in [2.24, 2.45) is 0 Å². The molecule has 0 bridgehead atoms. The monoisotopic (exact) mass is 443 g/mol. The molecule has 32 heavy (non-hydrogen) atoms. The Morgan fingerprint density at radius 3 is 2.09 bits per heavy atom. The topological polar surface area (TPSA) is 53.5 Å². The fourth-order valence-electron chi connectivity index (χ4n) is 4.35. The highest BCUT2D eigenvalue weighted by molar-refractivity contribution is 7.91. The molecule has 0 unspecified atom stereocenters. The van der Waals surface area contributed by atoms with E-state index in [0.717, 1.165) is 48.3 Å². The Kier molecular flexibility index (Phi) is 5.31. The van der Waals surface area contributed by atoms with Crippen LogP contribution in [0.2, 0.25) is 0 Å². The summed E-state index contributed by atoms with van der Waals surface area (Å²) >= 11 is 0. The second-order valence-corrected chi connectivity index (χ2v) is 10.0. The zero-order valence-corrected chi connectivity index (χ0v) is 18.8. The quantitative estimate of drug-likeness (QED) is 0.458. The number of rotatable bonds is 4. The molecule has 1 aliphatic heterocycles. The molecule has 0 spiro atoms. The summed E-state index contributed by atoms with van der Waals surface area (Å²) in [6.07, 6.45) is 1.53. The first-order valence-corrected chi connectivity index (χ1v) is 12.3. The van der Waals surface area contributed by atoms with Gasteiger partial charge in [0.1, 0.15) is 4.90 Å². The number of aromatic nitrogens is 1. The van der Waals surface area contributed by atoms with Crippen LogP contribution in [0, 0.1) is 6.92 Å². The van der Waals surface area contributed by atoms with Crippen molar-refractivity contribution in [2.45, 2.75) is 16.7 Å². The Morgan fingerprint density at radius 1 is 0.781 bits per heavy atom. The Balaban J connectivity index is 1.60. The molecule has 4 aromatic rings. The van der Waals surface area contributed by atoms with Gasteiger partial charge in [0.15, 0.2) is 0 Å². The van der Waals surface area contributed by atoms with E-state index in [0.29, 0.717) is 0 Å². The second-order valence-electron chi connectivity index (χ2n) is 8.12. The van der Waals surface area contributed by atoms with Crippen LogP contribution in [0.1, 0.15) is 5.56 Å². The second kappa shape index (κ2) is 8.28. The van der Waals surface area contributed by atoms with Gasteiger partial charge >= 0.3 is 0 Å². The first-order chi connectivity index (χ1) is 15.5. The van der Waals surface area contributed by atoms with Crippen molar-refractivity contribution in [3.05, 3.63) is 90.6 Å². The smallest absolute Gasteiger partial charge is 0.210 e. The van der Waals surface area contributed by atoms with E-state index in [1.54, 1.807) is 24.3 Å². The van der Waals surface area contributed by atoms with E-state index in [2.05, 4.69) is 26.9 Å². The lowest BCUT2D eigenvalue weighted by Crippen LogP contribution is -2.47. The minimum absolute atomic E-state index is 0.273. The molecule has 0 atom stereocenters. The Bertz CT molecular complexity index is 1350. The predicted octanol–water partition coefficient (Wildman–Crippen LogP) is 4.70. The maximum Gasteiger partial charge on any atom is 0.210 e. The molecule has 1 fully saturated rings. The fourth-order valence-corrected chi connectivity index (χ4v) is 5.81. The van der Waals surface area contributed by atoms with Crippen molar-refractivity contribution in [1.82, 2.24) is 4.98 Å². The van der Waals surface area contributed by atoms with Crippen molar-refractivity contribution in [3.63, 3.8) is 0 Å². The van der Waals surface area contributed by atoms with Crippen LogP contribution in [0.4, 0.5) is 11.4 Å². The van der Waals surface area contributed by atoms with E-state index < -0.39 is 9.84 Å². The van der Waals surface area contributed by atoms with Gasteiger partial charge in [-0.25, -0.2) is 8.42 Å². The summed E-state index contributed by atoms with van der Waals surface area (Å²) in [6.45, 7) is 5.14. The summed E-state index contributed by atoms with van der Waals surface area (Å²) in [4.78, 5) is 9.63. The molecule has 1 saturated heterocycles. The van der Waals surface area contributed by atoms with Gasteiger partial charge in [0, 0.05) is 43.4 Å². The normalized spacial score (nSPS) is 14.7. The summed E-state index contributed by atoms with van der Waals surface area (Å²) in [5.41, 5.74) is 3.84. The van der Waals surface area contributed by atoms with Crippen LogP contribution in [-0.2, 0) is 9.84 Å². The summed E-state index contributed by atoms with van der Waals surface area (Å²) in [7, 11) is -3.71. The number of piperazine rings is 1. The number of nitrogens with zero attached hydrogens (tertiary/aromatic N) is 3. The van der Waals surface area contributed by atoms with Crippen molar-refractivity contribution in [1.29, 1.82) is 0 Å². The molecule has 1 aliphatic rings. The van der Waals surface area contributed by atoms with Gasteiger partial charge in [-0.15, -0.1) is 0 Å². The predicted molar refractivity (Wildman–Crippen MR) is 129 cm³/mol. The number of fused-ring (bicyclic) bond motifs is 1. The third-order valence-electron chi connectivity index (χ3n) is 6.02. The van der Waals surface area contributed by atoms with Crippen LogP contribution in [0.5, 0.6) is 0 Å². The van der Waals surface area contributed by atoms with Crippen LogP contribution in [0.3, 0.4) is 0 Å². The van der Waals surface area contributed by atoms with Gasteiger partial charge in [-0.2, -0.15) is 0 Å². The van der Waals surface area contributed by atoms with Gasteiger partial charge in [-0.05, 0) is 43.3 Å². The average Bonchev–Trinajstić information content (AvgIpc) is 2.84. The van der Waals surface area contributed by atoms with Crippen molar-refractivity contribution < 1.29 is 8.42 Å². The molecule has 3 aromatic carbocycles. The molecule has 5 rings (SSSR count). The summed E-state index contributed by atoms with van der Waals surface area (Å²) in [6, 6.07) is 25.0. The van der Waals surface area contributed by atoms with E-state index in [1.165, 1.54) is 11.9 Å². The maximum absolute atomic E-state index is 13.6. The molecule has 5 nitrogen and oxygen atoms in total. The fraction of sp³-hybridized carbons (Fsp3) is 0.192. The zero-order valence-electron chi connectivity index (χ0n) is 18.0. The van der Waals surface area contributed by atoms with Crippen molar-refractivity contribution in [2.75, 3.05) is 36.0 Å². The number of anilines is 2. The summed E-state index contributed by atoms with van der Waals surface area (Å²) in [5, 5.41) is 0.884. The molecular formula is C26H25N3O2S. The number of para-hydroxylation sites is 1. The van der Waals surface area contributed by atoms with Gasteiger partial charge < -0.3 is 9.80 Å². The molecule has 1 aromatic heterocycles. The van der Waals surface area contributed by atoms with Crippen molar-refractivity contribution >= 4 is 32.1 Å². The zero-order chi connectivity index (χ0) is 22.1. The van der Waals surface area contributed by atoms with Crippen LogP contribution in [0.15, 0.2) is 94.9 Å². The van der Waals surface area contributed by atoms with E-state index in [-0.39, 0.29) is 9.79 Å². The summed E-state index contributed by atoms with van der Waals surface area (Å²) < 4.78 is 27.3. The first-order valence-electron chi connectivity index (χ1n) is 10.8. The molecule has 162 valence electrons. The van der Waals surface area contributed by atoms with Crippen LogP contribution in [0.25, 0.3) is 10.9 Å². The Labute approximate surface area is 188 Å². The first kappa shape index (κ1) is 20.5. The molecule has 2 heterocycles. The lowest BCUT2D eigenvalue weighted by atomic mass is 10.1. The van der Waals surface area contributed by atoms with E-state index in [9.17, 15) is 8.42 Å². The lowest BCUT2D eigenvalue weighted by Gasteiger charge is -2.38. The maximum atomic E-state index is 13.6. The third kappa shape index (κ3) is 3.71. The van der Waals surface area contributed by atoms with Gasteiger partial charge in [-0.3, -0.25) is 4.98 Å². The lowest BCUT2D eigenvalue weighted by molar-refractivity contribution is 0.594. The van der Waals surface area contributed by atoms with E-state index in [1.807, 2.05) is 49.4 Å². The van der Waals surface area contributed by atoms with Crippen molar-refractivity contribution in [3.8, 4) is 0 Å². The SMILES string of the molecule is Cc1ccc2ncc(S(=O)(=O)c3ccccc3)c(N3CCN(c4ccccc4)CC3)c2c1. The highest BCUT2D eigenvalue weighted by atomic mass is 32.2. The summed E-state index contributed by atoms with van der Waals surface area (Å²) in [5.74, 6) is 0. The number of sulfone groups is 1. The van der Waals surface area contributed by atoms with Gasteiger partial charge in [0.05, 0.1) is 16.1 Å². The minimum atomic E-state index is -3.71. The van der Waals surface area contributed by atoms with E-state index in [4.69, 9.17) is 0 Å². The molecule has 6 heteroatoms. The van der Waals surface area contributed by atoms with Gasteiger partial charge in [0.2, 0.25) is 9.84 Å². The third-order valence-corrected chi connectivity index (χ3v) is 7.79. The highest BCUT2D eigenvalue weighted by Crippen LogP contribution is 2.37. The number of hydrogen-bond donors (Lipinski definition) is 0. The Morgan fingerprint density at radius 2 is 1.41 bits per heavy atom. The van der Waals surface area contributed by atoms with E-state index >= 15 is 0 Å². The average molecular weight is 444 g/mol. The van der Waals surface area contributed by atoms with Crippen LogP contribution < -0.4 is 9.80 Å². The molecule has 0 saturated carbocycles. The van der Waals surface area contributed by atoms with Gasteiger partial charge in [0.25, 0.3) is 0 Å². The molecule has 0 amide bonds. The number of aryl methyl sites for hydroxylation is 1. The molecule has 0 aliphatic carbocycles. The van der Waals surface area contributed by atoms with Gasteiger partial charge in [-0.1, -0.05) is 48.0 Å². The standard InChI is InChI=1S/C26H25N3O2S/c1-20-12-13-24-23(18-20)26(25(19-27-24)32(30,31)22-10-6-3-7-11-22)29-16-14-28(15-17-29)21-8-4-2-5-9-21/h2-13,18-19H,14-17H2,1H3. The molecule has 0 N–H and O–H groups in total.